The average molecular weight is 249 g/mol. The highest BCUT2D eigenvalue weighted by atomic mass is 35.5. The fourth-order valence-electron chi connectivity index (χ4n) is 1.20. The van der Waals surface area contributed by atoms with Crippen LogP contribution in [0.3, 0.4) is 0 Å². The second kappa shape index (κ2) is 6.45. The highest BCUT2D eigenvalue weighted by Gasteiger charge is 2.12. The fraction of sp³-hybridized carbons (Fsp3) is 0.600. The van der Waals surface area contributed by atoms with E-state index in [1.165, 1.54) is 4.88 Å². The van der Waals surface area contributed by atoms with Crippen LogP contribution in [-0.2, 0) is 4.74 Å². The summed E-state index contributed by atoms with van der Waals surface area (Å²) in [6.07, 6.45) is 0.189. The van der Waals surface area contributed by atoms with E-state index in [9.17, 15) is 0 Å². The maximum atomic E-state index is 5.87. The number of nitrogens with one attached hydrogen (secondary N) is 1. The van der Waals surface area contributed by atoms with Gasteiger partial charge in [0, 0.05) is 30.5 Å². The van der Waals surface area contributed by atoms with E-state index in [0.29, 0.717) is 6.54 Å². The summed E-state index contributed by atoms with van der Waals surface area (Å²) in [6, 6.07) is 2.12. The van der Waals surface area contributed by atoms with E-state index in [-0.39, 0.29) is 12.1 Å². The summed E-state index contributed by atoms with van der Waals surface area (Å²) in [5, 5.41) is 6.04. The molecule has 1 aromatic rings. The Balaban J connectivity index is 2.49. The zero-order valence-electron chi connectivity index (χ0n) is 9.00. The van der Waals surface area contributed by atoms with Crippen molar-refractivity contribution in [3.8, 4) is 0 Å². The van der Waals surface area contributed by atoms with Gasteiger partial charge in [0.05, 0.1) is 17.2 Å². The molecule has 3 nitrogen and oxygen atoms in total. The minimum absolute atomic E-state index is 0.167. The highest BCUT2D eigenvalue weighted by molar-refractivity contribution is 7.10. The van der Waals surface area contributed by atoms with E-state index in [0.717, 1.165) is 11.6 Å². The summed E-state index contributed by atoms with van der Waals surface area (Å²) in [7, 11) is 1.70. The molecule has 0 aliphatic rings. The summed E-state index contributed by atoms with van der Waals surface area (Å²) in [6.45, 7) is 3.36. The van der Waals surface area contributed by atoms with Crippen molar-refractivity contribution in [3.05, 3.63) is 21.3 Å². The van der Waals surface area contributed by atoms with Crippen LogP contribution in [0.2, 0.25) is 5.02 Å². The molecule has 15 heavy (non-hydrogen) atoms. The van der Waals surface area contributed by atoms with Crippen LogP contribution in [0.15, 0.2) is 11.4 Å². The van der Waals surface area contributed by atoms with Crippen molar-refractivity contribution < 1.29 is 4.74 Å². The quantitative estimate of drug-likeness (QED) is 0.810. The molecule has 0 aliphatic carbocycles. The summed E-state index contributed by atoms with van der Waals surface area (Å²) >= 11 is 7.49. The molecular formula is C10H17ClN2OS. The van der Waals surface area contributed by atoms with E-state index in [2.05, 4.69) is 5.32 Å². The van der Waals surface area contributed by atoms with Gasteiger partial charge in [0.1, 0.15) is 0 Å². The number of methoxy groups -OCH3 is 1. The van der Waals surface area contributed by atoms with Crippen molar-refractivity contribution in [1.82, 2.24) is 5.32 Å². The molecule has 1 aromatic heterocycles. The van der Waals surface area contributed by atoms with Crippen LogP contribution in [0.1, 0.15) is 17.8 Å². The third kappa shape index (κ3) is 4.09. The highest BCUT2D eigenvalue weighted by Crippen LogP contribution is 2.24. The second-order valence-electron chi connectivity index (χ2n) is 3.41. The maximum Gasteiger partial charge on any atom is 0.0667 e. The van der Waals surface area contributed by atoms with Gasteiger partial charge in [-0.1, -0.05) is 11.6 Å². The first-order chi connectivity index (χ1) is 7.17. The Kier molecular flexibility index (Phi) is 5.56. The maximum absolute atomic E-state index is 5.87. The summed E-state index contributed by atoms with van der Waals surface area (Å²) in [5.41, 5.74) is 5.70. The summed E-state index contributed by atoms with van der Waals surface area (Å²) in [4.78, 5) is 1.17. The smallest absolute Gasteiger partial charge is 0.0667 e. The van der Waals surface area contributed by atoms with Crippen LogP contribution in [0.5, 0.6) is 0 Å². The van der Waals surface area contributed by atoms with Crippen molar-refractivity contribution in [1.29, 1.82) is 0 Å². The molecule has 1 heterocycles. The molecule has 5 heteroatoms. The number of ether oxygens (including phenoxy) is 1. The Hall–Kier alpha value is -0.130. The Morgan fingerprint density at radius 1 is 1.67 bits per heavy atom. The lowest BCUT2D eigenvalue weighted by molar-refractivity contribution is 0.114. The molecule has 0 spiro atoms. The van der Waals surface area contributed by atoms with Gasteiger partial charge < -0.3 is 15.8 Å². The fourth-order valence-corrected chi connectivity index (χ4v) is 2.37. The van der Waals surface area contributed by atoms with Gasteiger partial charge >= 0.3 is 0 Å². The van der Waals surface area contributed by atoms with Crippen molar-refractivity contribution >= 4 is 22.9 Å². The molecule has 0 aliphatic heterocycles. The first kappa shape index (κ1) is 12.9. The Bertz CT molecular complexity index is 293. The van der Waals surface area contributed by atoms with E-state index < -0.39 is 0 Å². The summed E-state index contributed by atoms with van der Waals surface area (Å²) in [5.74, 6) is 0. The lowest BCUT2D eigenvalue weighted by Gasteiger charge is -2.17. The topological polar surface area (TPSA) is 47.3 Å². The first-order valence-electron chi connectivity index (χ1n) is 4.87. The molecule has 3 N–H and O–H groups in total. The third-order valence-electron chi connectivity index (χ3n) is 2.22. The van der Waals surface area contributed by atoms with Crippen LogP contribution in [0, 0.1) is 0 Å². The van der Waals surface area contributed by atoms with Crippen LogP contribution in [0.4, 0.5) is 0 Å². The van der Waals surface area contributed by atoms with E-state index in [4.69, 9.17) is 22.1 Å². The van der Waals surface area contributed by atoms with Crippen LogP contribution < -0.4 is 11.1 Å². The van der Waals surface area contributed by atoms with Crippen LogP contribution in [0.25, 0.3) is 0 Å². The molecule has 0 saturated carbocycles. The second-order valence-corrected chi connectivity index (χ2v) is 4.79. The predicted molar refractivity (Wildman–Crippen MR) is 65.6 cm³/mol. The Labute approximate surface area is 99.6 Å². The van der Waals surface area contributed by atoms with E-state index in [1.54, 1.807) is 18.4 Å². The Morgan fingerprint density at radius 2 is 2.40 bits per heavy atom. The van der Waals surface area contributed by atoms with Gasteiger partial charge in [-0.2, -0.15) is 0 Å². The number of halogens is 1. The number of thiophene rings is 1. The minimum Gasteiger partial charge on any atom is -0.380 e. The van der Waals surface area contributed by atoms with Crippen molar-refractivity contribution in [3.63, 3.8) is 0 Å². The monoisotopic (exact) mass is 248 g/mol. The lowest BCUT2D eigenvalue weighted by Crippen LogP contribution is -2.33. The number of hydrogen-bond acceptors (Lipinski definition) is 4. The van der Waals surface area contributed by atoms with Gasteiger partial charge in [0.25, 0.3) is 0 Å². The molecule has 0 amide bonds. The first-order valence-corrected chi connectivity index (χ1v) is 6.13. The zero-order chi connectivity index (χ0) is 11.3. The van der Waals surface area contributed by atoms with E-state index in [1.807, 2.05) is 18.4 Å². The minimum atomic E-state index is 0.167. The molecule has 2 unspecified atom stereocenters. The lowest BCUT2D eigenvalue weighted by atomic mass is 10.2. The van der Waals surface area contributed by atoms with E-state index >= 15 is 0 Å². The zero-order valence-corrected chi connectivity index (χ0v) is 10.6. The van der Waals surface area contributed by atoms with Gasteiger partial charge in [-0.05, 0) is 13.0 Å². The molecule has 0 aromatic carbocycles. The van der Waals surface area contributed by atoms with Crippen molar-refractivity contribution in [2.75, 3.05) is 20.2 Å². The number of hydrogen-bond donors (Lipinski definition) is 2. The SMILES string of the molecule is COC(C)CNC(CN)c1cc(Cl)cs1. The largest absolute Gasteiger partial charge is 0.380 e. The van der Waals surface area contributed by atoms with Gasteiger partial charge in [-0.25, -0.2) is 0 Å². The van der Waals surface area contributed by atoms with Crippen LogP contribution in [-0.4, -0.2) is 26.3 Å². The average Bonchev–Trinajstić information content (AvgIpc) is 2.65. The molecule has 86 valence electrons. The van der Waals surface area contributed by atoms with Crippen LogP contribution >= 0.6 is 22.9 Å². The summed E-state index contributed by atoms with van der Waals surface area (Å²) < 4.78 is 5.16. The molecule has 0 fully saturated rings. The molecule has 1 rings (SSSR count). The molecular weight excluding hydrogens is 232 g/mol. The van der Waals surface area contributed by atoms with Crippen molar-refractivity contribution in [2.24, 2.45) is 5.73 Å². The third-order valence-corrected chi connectivity index (χ3v) is 3.61. The van der Waals surface area contributed by atoms with Gasteiger partial charge in [-0.3, -0.25) is 0 Å². The predicted octanol–water partition coefficient (Wildman–Crippen LogP) is 2.03. The normalized spacial score (nSPS) is 15.2. The Morgan fingerprint density at radius 3 is 2.87 bits per heavy atom. The molecule has 0 bridgehead atoms. The van der Waals surface area contributed by atoms with Gasteiger partial charge in [0.2, 0.25) is 0 Å². The standard InChI is InChI=1S/C10H17ClN2OS/c1-7(14-2)5-13-9(4-12)10-3-8(11)6-15-10/h3,6-7,9,13H,4-5,12H2,1-2H3. The van der Waals surface area contributed by atoms with Gasteiger partial charge in [0.15, 0.2) is 0 Å². The number of nitrogens with two attached hydrogens (primary N) is 1. The van der Waals surface area contributed by atoms with Crippen molar-refractivity contribution in [2.45, 2.75) is 19.1 Å². The van der Waals surface area contributed by atoms with Gasteiger partial charge in [-0.15, -0.1) is 11.3 Å². The molecule has 0 saturated heterocycles. The molecule has 0 radical (unpaired) electrons. The molecule has 2 atom stereocenters. The number of rotatable bonds is 6.